The van der Waals surface area contributed by atoms with E-state index in [1.54, 1.807) is 25.1 Å². The molecule has 132 valence electrons. The molecule has 2 rings (SSSR count). The van der Waals surface area contributed by atoms with E-state index in [-0.39, 0.29) is 11.4 Å². The van der Waals surface area contributed by atoms with Crippen molar-refractivity contribution in [1.82, 2.24) is 0 Å². The maximum atomic E-state index is 13.3. The van der Waals surface area contributed by atoms with Crippen molar-refractivity contribution in [2.45, 2.75) is 26.9 Å². The Morgan fingerprint density at radius 2 is 1.64 bits per heavy atom. The Bertz CT molecular complexity index is 830. The van der Waals surface area contributed by atoms with Gasteiger partial charge in [-0.1, -0.05) is 17.7 Å². The van der Waals surface area contributed by atoms with Crippen LogP contribution in [0.4, 0.5) is 24.5 Å². The number of nitrogens with one attached hydrogen (secondary N) is 2. The zero-order valence-electron chi connectivity index (χ0n) is 13.9. The van der Waals surface area contributed by atoms with Crippen molar-refractivity contribution in [2.75, 3.05) is 10.6 Å². The maximum Gasteiger partial charge on any atom is 0.418 e. The van der Waals surface area contributed by atoms with Crippen molar-refractivity contribution < 1.29 is 22.8 Å². The van der Waals surface area contributed by atoms with E-state index in [1.165, 1.54) is 13.0 Å². The molecule has 2 N–H and O–H groups in total. The number of hydrogen-bond acceptors (Lipinski definition) is 2. The minimum Gasteiger partial charge on any atom is -0.326 e. The summed E-state index contributed by atoms with van der Waals surface area (Å²) in [7, 11) is 0. The first-order chi connectivity index (χ1) is 11.6. The fraction of sp³-hybridized carbons (Fsp3) is 0.222. The molecular weight excluding hydrogens is 333 g/mol. The molecule has 0 saturated carbocycles. The van der Waals surface area contributed by atoms with E-state index in [0.717, 1.165) is 17.7 Å². The number of hydrogen-bond donors (Lipinski definition) is 2. The number of halogens is 3. The molecule has 2 aromatic carbocycles. The van der Waals surface area contributed by atoms with Gasteiger partial charge in [0.15, 0.2) is 0 Å². The maximum absolute atomic E-state index is 13.3. The molecule has 4 nitrogen and oxygen atoms in total. The Morgan fingerprint density at radius 3 is 2.20 bits per heavy atom. The quantitative estimate of drug-likeness (QED) is 0.854. The minimum atomic E-state index is -4.68. The molecule has 0 aliphatic heterocycles. The second-order valence-electron chi connectivity index (χ2n) is 5.71. The fourth-order valence-electron chi connectivity index (χ4n) is 2.43. The van der Waals surface area contributed by atoms with Gasteiger partial charge < -0.3 is 10.6 Å². The van der Waals surface area contributed by atoms with Gasteiger partial charge in [-0.15, -0.1) is 0 Å². The Labute approximate surface area is 143 Å². The summed E-state index contributed by atoms with van der Waals surface area (Å²) >= 11 is 0. The van der Waals surface area contributed by atoms with Gasteiger partial charge in [0.2, 0.25) is 5.91 Å². The Balaban J connectivity index is 2.37. The van der Waals surface area contributed by atoms with Crippen LogP contribution in [-0.2, 0) is 11.0 Å². The van der Waals surface area contributed by atoms with Gasteiger partial charge in [0.05, 0.1) is 11.3 Å². The van der Waals surface area contributed by atoms with Gasteiger partial charge in [-0.2, -0.15) is 13.2 Å². The first-order valence-corrected chi connectivity index (χ1v) is 7.45. The predicted molar refractivity (Wildman–Crippen MR) is 89.6 cm³/mol. The lowest BCUT2D eigenvalue weighted by atomic mass is 10.0. The van der Waals surface area contributed by atoms with Crippen molar-refractivity contribution in [3.05, 3.63) is 58.7 Å². The van der Waals surface area contributed by atoms with Crippen molar-refractivity contribution in [2.24, 2.45) is 0 Å². The van der Waals surface area contributed by atoms with Crippen LogP contribution >= 0.6 is 0 Å². The lowest BCUT2D eigenvalue weighted by Crippen LogP contribution is -2.18. The van der Waals surface area contributed by atoms with E-state index >= 15 is 0 Å². The van der Waals surface area contributed by atoms with Crippen LogP contribution in [0.15, 0.2) is 36.4 Å². The molecule has 25 heavy (non-hydrogen) atoms. The Kier molecular flexibility index (Phi) is 5.15. The minimum absolute atomic E-state index is 0.00402. The number of aryl methyl sites for hydroxylation is 2. The highest BCUT2D eigenvalue weighted by Crippen LogP contribution is 2.36. The molecule has 0 aromatic heterocycles. The van der Waals surface area contributed by atoms with E-state index in [1.807, 2.05) is 6.92 Å². The third-order valence-corrected chi connectivity index (χ3v) is 3.52. The third kappa shape index (κ3) is 4.59. The average Bonchev–Trinajstić information content (AvgIpc) is 2.47. The second kappa shape index (κ2) is 6.96. The van der Waals surface area contributed by atoms with Crippen molar-refractivity contribution in [3.8, 4) is 0 Å². The molecule has 0 heterocycles. The van der Waals surface area contributed by atoms with E-state index in [4.69, 9.17) is 0 Å². The van der Waals surface area contributed by atoms with Gasteiger partial charge >= 0.3 is 6.18 Å². The number of benzene rings is 2. The van der Waals surface area contributed by atoms with Gasteiger partial charge in [-0.05, 0) is 43.7 Å². The van der Waals surface area contributed by atoms with Crippen molar-refractivity contribution in [3.63, 3.8) is 0 Å². The highest BCUT2D eigenvalue weighted by Gasteiger charge is 2.34. The van der Waals surface area contributed by atoms with E-state index < -0.39 is 23.6 Å². The van der Waals surface area contributed by atoms with Gasteiger partial charge in [-0.25, -0.2) is 0 Å². The standard InChI is InChI=1S/C18H17F3N2O2/c1-10-4-6-14(11(2)8-10)17(25)23-16-7-5-13(22-12(3)24)9-15(16)18(19,20)21/h4-9H,1-3H3,(H,22,24)(H,23,25). The Morgan fingerprint density at radius 1 is 0.960 bits per heavy atom. The topological polar surface area (TPSA) is 58.2 Å². The molecule has 0 aliphatic carbocycles. The summed E-state index contributed by atoms with van der Waals surface area (Å²) in [5, 5.41) is 4.60. The van der Waals surface area contributed by atoms with Crippen LogP contribution < -0.4 is 10.6 Å². The molecule has 0 fully saturated rings. The highest BCUT2D eigenvalue weighted by atomic mass is 19.4. The molecule has 0 unspecified atom stereocenters. The van der Waals surface area contributed by atoms with Gasteiger partial charge in [0, 0.05) is 18.2 Å². The lowest BCUT2D eigenvalue weighted by molar-refractivity contribution is -0.137. The average molecular weight is 350 g/mol. The van der Waals surface area contributed by atoms with Crippen LogP contribution in [0.1, 0.15) is 34.0 Å². The van der Waals surface area contributed by atoms with E-state index in [2.05, 4.69) is 10.6 Å². The summed E-state index contributed by atoms with van der Waals surface area (Å²) in [6.07, 6.45) is -4.68. The molecule has 2 amide bonds. The van der Waals surface area contributed by atoms with Crippen LogP contribution in [0, 0.1) is 13.8 Å². The first kappa shape index (κ1) is 18.5. The smallest absolute Gasteiger partial charge is 0.326 e. The van der Waals surface area contributed by atoms with Crippen molar-refractivity contribution >= 4 is 23.2 Å². The monoisotopic (exact) mass is 350 g/mol. The summed E-state index contributed by atoms with van der Waals surface area (Å²) in [6, 6.07) is 8.27. The van der Waals surface area contributed by atoms with Crippen molar-refractivity contribution in [1.29, 1.82) is 0 Å². The molecule has 0 radical (unpaired) electrons. The number of carbonyl (C=O) groups excluding carboxylic acids is 2. The van der Waals surface area contributed by atoms with Crippen LogP contribution in [0.5, 0.6) is 0 Å². The molecule has 2 aromatic rings. The third-order valence-electron chi connectivity index (χ3n) is 3.52. The second-order valence-corrected chi connectivity index (χ2v) is 5.71. The molecule has 0 saturated heterocycles. The molecule has 0 atom stereocenters. The number of carbonyl (C=O) groups is 2. The summed E-state index contributed by atoms with van der Waals surface area (Å²) in [5.41, 5.74) is 0.517. The highest BCUT2D eigenvalue weighted by molar-refractivity contribution is 6.06. The van der Waals surface area contributed by atoms with E-state index in [9.17, 15) is 22.8 Å². The van der Waals surface area contributed by atoms with Crippen LogP contribution in [0.25, 0.3) is 0 Å². The lowest BCUT2D eigenvalue weighted by Gasteiger charge is -2.16. The number of alkyl halides is 3. The number of rotatable bonds is 3. The van der Waals surface area contributed by atoms with Gasteiger partial charge in [-0.3, -0.25) is 9.59 Å². The number of amides is 2. The summed E-state index contributed by atoms with van der Waals surface area (Å²) in [4.78, 5) is 23.4. The zero-order valence-corrected chi connectivity index (χ0v) is 13.9. The fourth-order valence-corrected chi connectivity index (χ4v) is 2.43. The van der Waals surface area contributed by atoms with Crippen LogP contribution in [0.3, 0.4) is 0 Å². The first-order valence-electron chi connectivity index (χ1n) is 7.45. The molecule has 0 bridgehead atoms. The summed E-state index contributed by atoms with van der Waals surface area (Å²) in [6.45, 7) is 4.77. The SMILES string of the molecule is CC(=O)Nc1ccc(NC(=O)c2ccc(C)cc2C)c(C(F)(F)F)c1. The van der Waals surface area contributed by atoms with E-state index in [0.29, 0.717) is 11.1 Å². The summed E-state index contributed by atoms with van der Waals surface area (Å²) < 4.78 is 39.9. The molecule has 0 aliphatic rings. The van der Waals surface area contributed by atoms with Gasteiger partial charge in [0.25, 0.3) is 5.91 Å². The summed E-state index contributed by atoms with van der Waals surface area (Å²) in [5.74, 6) is -1.12. The number of anilines is 2. The van der Waals surface area contributed by atoms with Gasteiger partial charge in [0.1, 0.15) is 0 Å². The Hall–Kier alpha value is -2.83. The molecule has 0 spiro atoms. The molecule has 7 heteroatoms. The largest absolute Gasteiger partial charge is 0.418 e. The normalized spacial score (nSPS) is 11.1. The predicted octanol–water partition coefficient (Wildman–Crippen LogP) is 4.53. The van der Waals surface area contributed by atoms with Crippen LogP contribution in [-0.4, -0.2) is 11.8 Å². The van der Waals surface area contributed by atoms with Crippen LogP contribution in [0.2, 0.25) is 0 Å². The zero-order chi connectivity index (χ0) is 18.8. The molecular formula is C18H17F3N2O2.